The number of oxazole rings is 1. The molecule has 4 aliphatic carbocycles. The zero-order valence-electron chi connectivity index (χ0n) is 19.1. The molecule has 34 heavy (non-hydrogen) atoms. The quantitative estimate of drug-likeness (QED) is 0.437. The van der Waals surface area contributed by atoms with Crippen LogP contribution in [0.2, 0.25) is 0 Å². The number of carbonyl (C=O) groups excluding carboxylic acids is 2. The highest BCUT2D eigenvalue weighted by Crippen LogP contribution is 2.61. The minimum atomic E-state index is -0.328. The predicted molar refractivity (Wildman–Crippen MR) is 133 cm³/mol. The number of benzene rings is 2. The fourth-order valence-electron chi connectivity index (χ4n) is 7.49. The lowest BCUT2D eigenvalue weighted by atomic mass is 9.48. The normalized spacial score (nSPS) is 31.1. The van der Waals surface area contributed by atoms with Crippen LogP contribution in [0.15, 0.2) is 45.7 Å². The van der Waals surface area contributed by atoms with E-state index in [1.807, 2.05) is 19.1 Å². The van der Waals surface area contributed by atoms with Crippen LogP contribution < -0.4 is 5.32 Å². The van der Waals surface area contributed by atoms with Gasteiger partial charge in [-0.2, -0.15) is 0 Å². The van der Waals surface area contributed by atoms with E-state index in [2.05, 4.69) is 29.6 Å². The Balaban J connectivity index is 1.29. The van der Waals surface area contributed by atoms with Crippen molar-refractivity contribution in [1.82, 2.24) is 10.3 Å². The number of nitrogens with one attached hydrogen (secondary N) is 1. The molecule has 4 saturated carbocycles. The first kappa shape index (κ1) is 20.5. The highest BCUT2D eigenvalue weighted by molar-refractivity contribution is 8.18. The summed E-state index contributed by atoms with van der Waals surface area (Å²) in [5.74, 6) is 2.98. The van der Waals surface area contributed by atoms with Crippen LogP contribution in [0.25, 0.3) is 28.3 Å². The van der Waals surface area contributed by atoms with Gasteiger partial charge < -0.3 is 4.42 Å². The van der Waals surface area contributed by atoms with Crippen LogP contribution in [0.4, 0.5) is 4.79 Å². The topological polar surface area (TPSA) is 72.2 Å². The van der Waals surface area contributed by atoms with Crippen LogP contribution in [-0.2, 0) is 10.2 Å². The van der Waals surface area contributed by atoms with Crippen LogP contribution in [-0.4, -0.2) is 16.1 Å². The second-order valence-corrected chi connectivity index (χ2v) is 11.8. The molecule has 3 aromatic rings. The lowest BCUT2D eigenvalue weighted by molar-refractivity contribution is -0.115. The van der Waals surface area contributed by atoms with Gasteiger partial charge in [0.05, 0.1) is 4.91 Å². The number of rotatable bonds is 3. The number of fused-ring (bicyclic) bond motifs is 1. The number of amides is 2. The highest BCUT2D eigenvalue weighted by atomic mass is 32.2. The molecular weight excluding hydrogens is 444 g/mol. The van der Waals surface area contributed by atoms with Crippen molar-refractivity contribution in [1.29, 1.82) is 0 Å². The maximum absolute atomic E-state index is 11.9. The molecule has 0 radical (unpaired) electrons. The number of hydrogen-bond acceptors (Lipinski definition) is 5. The molecule has 1 N–H and O–H groups in total. The third-order valence-electron chi connectivity index (χ3n) is 8.39. The lowest BCUT2D eigenvalue weighted by Crippen LogP contribution is -2.48. The minimum absolute atomic E-state index is 0.221. The molecule has 2 heterocycles. The zero-order chi connectivity index (χ0) is 23.0. The lowest BCUT2D eigenvalue weighted by Gasteiger charge is -2.57. The number of hydrogen-bond donors (Lipinski definition) is 1. The number of thioether (sulfide) groups is 1. The van der Waals surface area contributed by atoms with E-state index in [0.717, 1.165) is 63.2 Å². The van der Waals surface area contributed by atoms with Gasteiger partial charge in [-0.05, 0) is 108 Å². The summed E-state index contributed by atoms with van der Waals surface area (Å²) >= 11 is 0.945. The fourth-order valence-corrected chi connectivity index (χ4v) is 8.17. The van der Waals surface area contributed by atoms with Crippen LogP contribution in [0.5, 0.6) is 0 Å². The fraction of sp³-hybridized carbons (Fsp3) is 0.393. The van der Waals surface area contributed by atoms with Gasteiger partial charge in [0.1, 0.15) is 5.52 Å². The van der Waals surface area contributed by atoms with Gasteiger partial charge in [0.15, 0.2) is 11.5 Å². The van der Waals surface area contributed by atoms with Gasteiger partial charge in [-0.25, -0.2) is 4.98 Å². The van der Waals surface area contributed by atoms with Crippen LogP contribution >= 0.6 is 11.8 Å². The summed E-state index contributed by atoms with van der Waals surface area (Å²) in [6.07, 6.45) is 9.84. The van der Waals surface area contributed by atoms with E-state index in [-0.39, 0.29) is 16.6 Å². The Morgan fingerprint density at radius 1 is 1.00 bits per heavy atom. The number of aryl methyl sites for hydroxylation is 1. The van der Waals surface area contributed by atoms with E-state index in [0.29, 0.717) is 4.91 Å². The van der Waals surface area contributed by atoms with Crippen molar-refractivity contribution in [3.05, 3.63) is 58.3 Å². The first-order chi connectivity index (χ1) is 16.4. The van der Waals surface area contributed by atoms with Gasteiger partial charge >= 0.3 is 0 Å². The largest absolute Gasteiger partial charge is 0.441 e. The van der Waals surface area contributed by atoms with E-state index < -0.39 is 0 Å². The molecule has 172 valence electrons. The number of carbonyl (C=O) groups is 2. The summed E-state index contributed by atoms with van der Waals surface area (Å²) in [4.78, 5) is 28.5. The van der Waals surface area contributed by atoms with Gasteiger partial charge in [-0.15, -0.1) is 0 Å². The van der Waals surface area contributed by atoms with Crippen molar-refractivity contribution in [3.8, 4) is 11.1 Å². The maximum Gasteiger partial charge on any atom is 0.290 e. The summed E-state index contributed by atoms with van der Waals surface area (Å²) < 4.78 is 6.21. The standard InChI is InChI=1S/C28H26N2O3S/c1-15-29-23-11-21(20-4-2-16(3-5-20)9-24-26(31)30-27(32)34-24)10-22(25(23)33-15)28-12-17-6-18(13-28)8-19(7-17)14-28/h2-5,9-11,17-19H,6-8,12-14H2,1H3,(H,30,31,32)/b24-9-. The van der Waals surface area contributed by atoms with Crippen molar-refractivity contribution in [2.45, 2.75) is 50.9 Å². The van der Waals surface area contributed by atoms with Crippen molar-refractivity contribution in [2.24, 2.45) is 17.8 Å². The molecule has 0 spiro atoms. The van der Waals surface area contributed by atoms with Crippen LogP contribution in [0.1, 0.15) is 55.5 Å². The molecule has 5 aliphatic rings. The van der Waals surface area contributed by atoms with Crippen molar-refractivity contribution in [3.63, 3.8) is 0 Å². The Kier molecular flexibility index (Phi) is 4.41. The first-order valence-corrected chi connectivity index (χ1v) is 13.0. The Morgan fingerprint density at radius 2 is 1.68 bits per heavy atom. The van der Waals surface area contributed by atoms with E-state index in [9.17, 15) is 9.59 Å². The van der Waals surface area contributed by atoms with E-state index >= 15 is 0 Å². The Labute approximate surface area is 202 Å². The summed E-state index contributed by atoms with van der Waals surface area (Å²) in [6.45, 7) is 1.94. The summed E-state index contributed by atoms with van der Waals surface area (Å²) in [5, 5.41) is 1.99. The van der Waals surface area contributed by atoms with Gasteiger partial charge in [0, 0.05) is 12.5 Å². The van der Waals surface area contributed by atoms with Crippen LogP contribution in [0.3, 0.4) is 0 Å². The number of imide groups is 1. The van der Waals surface area contributed by atoms with E-state index in [1.54, 1.807) is 6.08 Å². The molecule has 1 aromatic heterocycles. The molecule has 0 unspecified atom stereocenters. The summed E-state index contributed by atoms with van der Waals surface area (Å²) in [6, 6.07) is 12.7. The molecule has 5 fully saturated rings. The molecule has 5 nitrogen and oxygen atoms in total. The van der Waals surface area contributed by atoms with E-state index in [4.69, 9.17) is 9.40 Å². The second kappa shape index (κ2) is 7.32. The van der Waals surface area contributed by atoms with Gasteiger partial charge in [-0.3, -0.25) is 14.9 Å². The maximum atomic E-state index is 11.9. The smallest absolute Gasteiger partial charge is 0.290 e. The molecule has 1 saturated heterocycles. The summed E-state index contributed by atoms with van der Waals surface area (Å²) in [5.41, 5.74) is 6.70. The molecule has 0 atom stereocenters. The van der Waals surface area contributed by atoms with Crippen molar-refractivity contribution in [2.75, 3.05) is 0 Å². The van der Waals surface area contributed by atoms with Crippen LogP contribution in [0, 0.1) is 24.7 Å². The van der Waals surface area contributed by atoms with E-state index in [1.165, 1.54) is 44.1 Å². The van der Waals surface area contributed by atoms with Gasteiger partial charge in [0.2, 0.25) is 0 Å². The zero-order valence-corrected chi connectivity index (χ0v) is 19.9. The SMILES string of the molecule is Cc1nc2cc(-c3ccc(/C=C4\SC(=O)NC4=O)cc3)cc(C34CC5CC(CC(C5)C3)C4)c2o1. The van der Waals surface area contributed by atoms with Gasteiger partial charge in [0.25, 0.3) is 11.1 Å². The third kappa shape index (κ3) is 3.26. The monoisotopic (exact) mass is 470 g/mol. The average Bonchev–Trinajstić information content (AvgIpc) is 3.32. The molecule has 2 amide bonds. The number of aromatic nitrogens is 1. The van der Waals surface area contributed by atoms with Gasteiger partial charge in [-0.1, -0.05) is 24.3 Å². The molecule has 4 bridgehead atoms. The Hall–Kier alpha value is -2.86. The molecular formula is C28H26N2O3S. The third-order valence-corrected chi connectivity index (χ3v) is 9.20. The highest BCUT2D eigenvalue weighted by Gasteiger charge is 2.52. The van der Waals surface area contributed by atoms with Crippen molar-refractivity contribution < 1.29 is 14.0 Å². The van der Waals surface area contributed by atoms with Crippen molar-refractivity contribution >= 4 is 40.1 Å². The number of nitrogens with zero attached hydrogens (tertiary/aromatic N) is 1. The summed E-state index contributed by atoms with van der Waals surface area (Å²) in [7, 11) is 0. The second-order valence-electron chi connectivity index (χ2n) is 10.8. The minimum Gasteiger partial charge on any atom is -0.441 e. The molecule has 2 aromatic carbocycles. The Bertz CT molecular complexity index is 1350. The first-order valence-electron chi connectivity index (χ1n) is 12.2. The average molecular weight is 471 g/mol. The molecule has 8 rings (SSSR count). The molecule has 1 aliphatic heterocycles. The predicted octanol–water partition coefficient (Wildman–Crippen LogP) is 6.59. The Morgan fingerprint density at radius 3 is 2.29 bits per heavy atom. The molecule has 6 heteroatoms.